The predicted octanol–water partition coefficient (Wildman–Crippen LogP) is 7.46. The number of fused-ring (bicyclic) bond motifs is 2. The molecule has 0 unspecified atom stereocenters. The van der Waals surface area contributed by atoms with Gasteiger partial charge in [-0.3, -0.25) is 20.2 Å². The van der Waals surface area contributed by atoms with Gasteiger partial charge in [0, 0.05) is 22.5 Å². The number of nitro groups is 2. The zero-order valence-electron chi connectivity index (χ0n) is 21.4. The van der Waals surface area contributed by atoms with Gasteiger partial charge in [-0.1, -0.05) is 78.3 Å². The van der Waals surface area contributed by atoms with E-state index < -0.39 is 4.92 Å². The van der Waals surface area contributed by atoms with Crippen LogP contribution in [0.1, 0.15) is 0 Å². The molecule has 2 heterocycles. The quantitative estimate of drug-likeness (QED) is 0.126. The number of hydrogen-bond donors (Lipinski definition) is 2. The Hall–Kier alpha value is -5.61. The Balaban J connectivity index is 0.000000151. The minimum atomic E-state index is -0.571. The smallest absolute Gasteiger partial charge is 0.295 e. The highest BCUT2D eigenvalue weighted by Crippen LogP contribution is 2.35. The number of nitrogens with zero attached hydrogens (tertiary/aromatic N) is 4. The molecule has 0 saturated carbocycles. The van der Waals surface area contributed by atoms with Crippen molar-refractivity contribution in [1.82, 2.24) is 9.97 Å². The first-order valence-electron chi connectivity index (χ1n) is 12.1. The number of para-hydroxylation sites is 2. The van der Waals surface area contributed by atoms with Crippen LogP contribution >= 0.6 is 11.6 Å². The number of hydrogen-bond acceptors (Lipinski definition) is 8. The van der Waals surface area contributed by atoms with E-state index in [1.165, 1.54) is 24.4 Å². The third kappa shape index (κ3) is 7.08. The number of pyridine rings is 2. The van der Waals surface area contributed by atoms with Crippen LogP contribution in [0.25, 0.3) is 32.9 Å². The van der Waals surface area contributed by atoms with Crippen LogP contribution < -0.4 is 11.5 Å². The van der Waals surface area contributed by atoms with Crippen molar-refractivity contribution in [3.8, 4) is 11.1 Å². The first kappa shape index (κ1) is 28.4. The predicted molar refractivity (Wildman–Crippen MR) is 163 cm³/mol. The summed E-state index contributed by atoms with van der Waals surface area (Å²) in [5.74, 6) is 0.573. The van der Waals surface area contributed by atoms with E-state index in [1.807, 2.05) is 91.0 Å². The SMILES string of the molecule is Nc1ccc(Cl)c([N+](=O)[O-])c1.Nc1ccc2ccccc2n1.O=[N+]([O-])c1cnc2ccccc2c1-c1ccccc1. The van der Waals surface area contributed by atoms with E-state index in [9.17, 15) is 20.2 Å². The van der Waals surface area contributed by atoms with E-state index in [1.54, 1.807) is 0 Å². The molecular weight excluding hydrogens is 544 g/mol. The van der Waals surface area contributed by atoms with Crippen molar-refractivity contribution >= 4 is 56.3 Å². The molecule has 0 aliphatic rings. The van der Waals surface area contributed by atoms with Crippen LogP contribution in [0.3, 0.4) is 0 Å². The molecule has 6 aromatic rings. The first-order valence-corrected chi connectivity index (χ1v) is 12.5. The van der Waals surface area contributed by atoms with Crippen molar-refractivity contribution in [2.24, 2.45) is 0 Å². The molecule has 4 N–H and O–H groups in total. The number of halogens is 1. The van der Waals surface area contributed by atoms with Gasteiger partial charge in [-0.05, 0) is 42.0 Å². The monoisotopic (exact) mass is 566 g/mol. The standard InChI is InChI=1S/C15H10N2O2.C9H8N2.C6H5ClN2O2/c18-17(19)14-10-16-13-9-5-4-8-12(13)15(14)11-6-2-1-3-7-11;10-9-6-5-7-3-1-2-4-8(7)11-9;7-5-2-1-4(8)3-6(5)9(10)11/h1-10H;1-6H,(H2,10,11);1-3H,8H2. The molecule has 11 heteroatoms. The number of benzene rings is 4. The lowest BCUT2D eigenvalue weighted by Crippen LogP contribution is -1.95. The van der Waals surface area contributed by atoms with E-state index in [4.69, 9.17) is 23.1 Å². The van der Waals surface area contributed by atoms with Gasteiger partial charge >= 0.3 is 0 Å². The molecule has 0 bridgehead atoms. The largest absolute Gasteiger partial charge is 0.399 e. The summed E-state index contributed by atoms with van der Waals surface area (Å²) < 4.78 is 0. The number of aromatic nitrogens is 2. The highest BCUT2D eigenvalue weighted by atomic mass is 35.5. The summed E-state index contributed by atoms with van der Waals surface area (Å²) >= 11 is 5.49. The Morgan fingerprint density at radius 3 is 2.00 bits per heavy atom. The fraction of sp³-hybridized carbons (Fsp3) is 0. The fourth-order valence-corrected chi connectivity index (χ4v) is 4.12. The number of nitrogens with two attached hydrogens (primary N) is 2. The molecular formula is C30H23ClN6O4. The van der Waals surface area contributed by atoms with Gasteiger partial charge in [0.15, 0.2) is 0 Å². The number of nitro benzene ring substituents is 1. The molecule has 0 spiro atoms. The van der Waals surface area contributed by atoms with Gasteiger partial charge in [0.1, 0.15) is 17.0 Å². The molecule has 4 aromatic carbocycles. The van der Waals surface area contributed by atoms with E-state index in [0.29, 0.717) is 17.1 Å². The van der Waals surface area contributed by atoms with Crippen molar-refractivity contribution in [2.75, 3.05) is 11.5 Å². The minimum Gasteiger partial charge on any atom is -0.399 e. The zero-order chi connectivity index (χ0) is 29.4. The summed E-state index contributed by atoms with van der Waals surface area (Å²) in [6.07, 6.45) is 1.32. The summed E-state index contributed by atoms with van der Waals surface area (Å²) in [7, 11) is 0. The summed E-state index contributed by atoms with van der Waals surface area (Å²) in [6.45, 7) is 0. The minimum absolute atomic E-state index is 0.0323. The van der Waals surface area contributed by atoms with Gasteiger partial charge in [0.2, 0.25) is 0 Å². The molecule has 0 radical (unpaired) electrons. The highest BCUT2D eigenvalue weighted by Gasteiger charge is 2.19. The Morgan fingerprint density at radius 2 is 1.32 bits per heavy atom. The van der Waals surface area contributed by atoms with Crippen molar-refractivity contribution in [3.63, 3.8) is 0 Å². The first-order chi connectivity index (χ1) is 19.7. The molecule has 6 rings (SSSR count). The molecule has 10 nitrogen and oxygen atoms in total. The zero-order valence-corrected chi connectivity index (χ0v) is 22.2. The molecule has 0 atom stereocenters. The van der Waals surface area contributed by atoms with Crippen LogP contribution in [-0.4, -0.2) is 19.8 Å². The van der Waals surface area contributed by atoms with Gasteiger partial charge in [-0.25, -0.2) is 9.97 Å². The Bertz CT molecular complexity index is 1850. The number of rotatable bonds is 3. The lowest BCUT2D eigenvalue weighted by Gasteiger charge is -2.07. The molecule has 0 aliphatic carbocycles. The van der Waals surface area contributed by atoms with Crippen molar-refractivity contribution in [2.45, 2.75) is 0 Å². The van der Waals surface area contributed by atoms with Crippen LogP contribution in [-0.2, 0) is 0 Å². The van der Waals surface area contributed by atoms with Crippen molar-refractivity contribution in [1.29, 1.82) is 0 Å². The highest BCUT2D eigenvalue weighted by molar-refractivity contribution is 6.32. The number of nitrogen functional groups attached to an aromatic ring is 2. The maximum absolute atomic E-state index is 11.2. The van der Waals surface area contributed by atoms with Gasteiger partial charge in [-0.2, -0.15) is 0 Å². The van der Waals surface area contributed by atoms with Crippen molar-refractivity contribution in [3.05, 3.63) is 141 Å². The van der Waals surface area contributed by atoms with Crippen molar-refractivity contribution < 1.29 is 9.85 Å². The second-order valence-electron chi connectivity index (χ2n) is 8.56. The Morgan fingerprint density at radius 1 is 0.683 bits per heavy atom. The average molecular weight is 567 g/mol. The molecule has 204 valence electrons. The Kier molecular flexibility index (Phi) is 8.98. The van der Waals surface area contributed by atoms with Gasteiger partial charge in [-0.15, -0.1) is 0 Å². The molecule has 41 heavy (non-hydrogen) atoms. The lowest BCUT2D eigenvalue weighted by molar-refractivity contribution is -0.384. The maximum atomic E-state index is 11.2. The van der Waals surface area contributed by atoms with E-state index in [2.05, 4.69) is 9.97 Å². The summed E-state index contributed by atoms with van der Waals surface area (Å²) in [5, 5.41) is 23.5. The third-order valence-corrected chi connectivity index (χ3v) is 6.12. The van der Waals surface area contributed by atoms with Gasteiger partial charge in [0.05, 0.1) is 26.4 Å². The second-order valence-corrected chi connectivity index (χ2v) is 8.96. The average Bonchev–Trinajstić information content (AvgIpc) is 2.98. The fourth-order valence-electron chi connectivity index (χ4n) is 3.93. The van der Waals surface area contributed by atoms with E-state index >= 15 is 0 Å². The summed E-state index contributed by atoms with van der Waals surface area (Å²) in [6, 6.07) is 32.6. The lowest BCUT2D eigenvalue weighted by atomic mass is 10.00. The maximum Gasteiger partial charge on any atom is 0.295 e. The van der Waals surface area contributed by atoms with Crippen LogP contribution in [0.15, 0.2) is 115 Å². The third-order valence-electron chi connectivity index (χ3n) is 5.80. The molecule has 0 aliphatic heterocycles. The second kappa shape index (κ2) is 13.0. The van der Waals surface area contributed by atoms with E-state index in [0.717, 1.165) is 27.4 Å². The molecule has 0 amide bonds. The van der Waals surface area contributed by atoms with Crippen LogP contribution in [0, 0.1) is 20.2 Å². The topological polar surface area (TPSA) is 164 Å². The Labute approximate surface area is 239 Å². The van der Waals surface area contributed by atoms with E-state index in [-0.39, 0.29) is 21.3 Å². The van der Waals surface area contributed by atoms with Crippen LogP contribution in [0.2, 0.25) is 5.02 Å². The molecule has 0 fully saturated rings. The summed E-state index contributed by atoms with van der Waals surface area (Å²) in [4.78, 5) is 28.8. The normalized spacial score (nSPS) is 10.2. The van der Waals surface area contributed by atoms with Crippen LogP contribution in [0.5, 0.6) is 0 Å². The number of anilines is 2. The molecule has 0 saturated heterocycles. The van der Waals surface area contributed by atoms with Gasteiger partial charge < -0.3 is 11.5 Å². The van der Waals surface area contributed by atoms with Crippen LogP contribution in [0.4, 0.5) is 22.9 Å². The summed E-state index contributed by atoms with van der Waals surface area (Å²) in [5.41, 5.74) is 14.2. The van der Waals surface area contributed by atoms with Gasteiger partial charge in [0.25, 0.3) is 11.4 Å². The molecule has 2 aromatic heterocycles.